The van der Waals surface area contributed by atoms with E-state index in [4.69, 9.17) is 0 Å². The maximum Gasteiger partial charge on any atom is 0.152 e. The van der Waals surface area contributed by atoms with E-state index in [1.807, 2.05) is 25.1 Å². The molecule has 0 N–H and O–H groups in total. The summed E-state index contributed by atoms with van der Waals surface area (Å²) in [5, 5.41) is 18.3. The van der Waals surface area contributed by atoms with Crippen molar-refractivity contribution in [3.8, 4) is 6.07 Å². The van der Waals surface area contributed by atoms with Gasteiger partial charge in [0.2, 0.25) is 0 Å². The van der Waals surface area contributed by atoms with Crippen molar-refractivity contribution in [1.29, 1.82) is 5.26 Å². The lowest BCUT2D eigenvalue weighted by Gasteiger charge is -2.33. The van der Waals surface area contributed by atoms with Crippen molar-refractivity contribution in [3.63, 3.8) is 0 Å². The Labute approximate surface area is 159 Å². The Balaban J connectivity index is 1.57. The first kappa shape index (κ1) is 17.2. The van der Waals surface area contributed by atoms with Crippen LogP contribution in [0.25, 0.3) is 0 Å². The molecule has 6 nitrogen and oxygen atoms in total. The lowest BCUT2D eigenvalue weighted by atomic mass is 10.1. The van der Waals surface area contributed by atoms with E-state index >= 15 is 0 Å². The van der Waals surface area contributed by atoms with Crippen molar-refractivity contribution in [1.82, 2.24) is 19.7 Å². The van der Waals surface area contributed by atoms with Gasteiger partial charge in [0.05, 0.1) is 18.2 Å². The van der Waals surface area contributed by atoms with Gasteiger partial charge in [-0.3, -0.25) is 0 Å². The fraction of sp³-hybridized carbons (Fsp3) is 0.333. The minimum absolute atomic E-state index is 0.225. The van der Waals surface area contributed by atoms with Gasteiger partial charge in [-0.15, -0.1) is 10.2 Å². The molecule has 0 radical (unpaired) electrons. The number of aryl methyl sites for hydroxylation is 3. The summed E-state index contributed by atoms with van der Waals surface area (Å²) >= 11 is 0. The molecule has 1 aliphatic rings. The smallest absolute Gasteiger partial charge is 0.152 e. The minimum Gasteiger partial charge on any atom is -0.346 e. The average molecular weight is 358 g/mol. The van der Waals surface area contributed by atoms with Gasteiger partial charge in [-0.05, 0) is 38.0 Å². The molecule has 6 heteroatoms. The maximum atomic E-state index is 9.43. The average Bonchev–Trinajstić information content (AvgIpc) is 3.11. The third-order valence-corrected chi connectivity index (χ3v) is 5.01. The monoisotopic (exact) mass is 358 g/mol. The van der Waals surface area contributed by atoms with E-state index in [2.05, 4.69) is 61.9 Å². The molecule has 136 valence electrons. The molecule has 2 aromatic heterocycles. The summed E-state index contributed by atoms with van der Waals surface area (Å²) in [6.07, 6.45) is 1.82. The van der Waals surface area contributed by atoms with Crippen LogP contribution in [0.1, 0.15) is 41.4 Å². The Kier molecular flexibility index (Phi) is 4.59. The number of hydrogen-bond acceptors (Lipinski definition) is 5. The molecule has 1 atom stereocenters. The van der Waals surface area contributed by atoms with Crippen LogP contribution in [0.15, 0.2) is 42.5 Å². The molecule has 0 spiro atoms. The summed E-state index contributed by atoms with van der Waals surface area (Å²) in [6.45, 7) is 5.53. The van der Waals surface area contributed by atoms with Gasteiger partial charge < -0.3 is 9.47 Å². The molecule has 0 fully saturated rings. The summed E-state index contributed by atoms with van der Waals surface area (Å²) in [5.74, 6) is 2.70. The van der Waals surface area contributed by atoms with Crippen molar-refractivity contribution in [2.45, 2.75) is 39.3 Å². The van der Waals surface area contributed by atoms with Crippen molar-refractivity contribution >= 4 is 5.82 Å². The van der Waals surface area contributed by atoms with Crippen LogP contribution in [0.2, 0.25) is 0 Å². The summed E-state index contributed by atoms with van der Waals surface area (Å²) in [6, 6.07) is 16.7. The summed E-state index contributed by atoms with van der Waals surface area (Å²) < 4.78 is 2.25. The number of nitrogens with zero attached hydrogens (tertiary/aromatic N) is 6. The van der Waals surface area contributed by atoms with Gasteiger partial charge in [-0.1, -0.05) is 30.3 Å². The van der Waals surface area contributed by atoms with Crippen LogP contribution < -0.4 is 4.90 Å². The number of benzene rings is 1. The molecule has 1 aromatic carbocycles. The molecule has 0 amide bonds. The molecule has 4 rings (SSSR count). The second-order valence-electron chi connectivity index (χ2n) is 7.05. The van der Waals surface area contributed by atoms with E-state index in [-0.39, 0.29) is 6.04 Å². The fourth-order valence-electron chi connectivity index (χ4n) is 3.72. The molecule has 3 aromatic rings. The summed E-state index contributed by atoms with van der Waals surface area (Å²) in [5.41, 5.74) is 2.82. The van der Waals surface area contributed by atoms with Crippen molar-refractivity contribution in [2.24, 2.45) is 0 Å². The van der Waals surface area contributed by atoms with Gasteiger partial charge in [0.25, 0.3) is 0 Å². The molecule has 0 saturated carbocycles. The number of pyridine rings is 1. The van der Waals surface area contributed by atoms with Crippen molar-refractivity contribution in [3.05, 3.63) is 70.9 Å². The zero-order chi connectivity index (χ0) is 18.8. The minimum atomic E-state index is 0.225. The highest BCUT2D eigenvalue weighted by molar-refractivity contribution is 5.54. The van der Waals surface area contributed by atoms with Crippen molar-refractivity contribution < 1.29 is 0 Å². The molecule has 0 unspecified atom stereocenters. The molecule has 0 saturated heterocycles. The van der Waals surface area contributed by atoms with E-state index in [1.165, 1.54) is 5.56 Å². The Morgan fingerprint density at radius 2 is 1.93 bits per heavy atom. The molecule has 27 heavy (non-hydrogen) atoms. The Morgan fingerprint density at radius 1 is 1.11 bits per heavy atom. The highest BCUT2D eigenvalue weighted by Gasteiger charge is 2.28. The SMILES string of the molecule is Cc1ccc(C#N)c(N2Cc3nnc(CCc4ccccc4)n3[C@@H](C)C2)n1. The molecular weight excluding hydrogens is 336 g/mol. The normalized spacial score (nSPS) is 16.0. The zero-order valence-electron chi connectivity index (χ0n) is 15.6. The molecule has 0 aliphatic carbocycles. The fourth-order valence-corrected chi connectivity index (χ4v) is 3.72. The van der Waals surface area contributed by atoms with Crippen LogP contribution in [0.4, 0.5) is 5.82 Å². The third kappa shape index (κ3) is 3.41. The standard InChI is InChI=1S/C21H22N6/c1-15-8-10-18(12-22)21(23-15)26-13-16(2)27-19(24-25-20(27)14-26)11-9-17-6-4-3-5-7-17/h3-8,10,16H,9,11,13-14H2,1-2H3/t16-/m0/s1. The second kappa shape index (κ2) is 7.20. The van der Waals surface area contributed by atoms with Crippen LogP contribution in [-0.2, 0) is 19.4 Å². The quantitative estimate of drug-likeness (QED) is 0.716. The Morgan fingerprint density at radius 3 is 2.70 bits per heavy atom. The second-order valence-corrected chi connectivity index (χ2v) is 7.05. The van der Waals surface area contributed by atoms with E-state index in [0.717, 1.165) is 42.5 Å². The number of rotatable bonds is 4. The number of aromatic nitrogens is 4. The molecule has 0 bridgehead atoms. The maximum absolute atomic E-state index is 9.43. The number of nitriles is 1. The summed E-state index contributed by atoms with van der Waals surface area (Å²) in [7, 11) is 0. The van der Waals surface area contributed by atoms with Crippen LogP contribution in [0, 0.1) is 18.3 Å². The van der Waals surface area contributed by atoms with Gasteiger partial charge in [-0.2, -0.15) is 5.26 Å². The number of anilines is 1. The van der Waals surface area contributed by atoms with E-state index in [0.29, 0.717) is 12.1 Å². The highest BCUT2D eigenvalue weighted by Crippen LogP contribution is 2.28. The first-order chi connectivity index (χ1) is 13.2. The largest absolute Gasteiger partial charge is 0.346 e. The zero-order valence-corrected chi connectivity index (χ0v) is 15.6. The van der Waals surface area contributed by atoms with Crippen LogP contribution in [-0.4, -0.2) is 26.3 Å². The van der Waals surface area contributed by atoms with E-state index in [9.17, 15) is 5.26 Å². The van der Waals surface area contributed by atoms with Crippen LogP contribution in [0.5, 0.6) is 0 Å². The van der Waals surface area contributed by atoms with Gasteiger partial charge in [0.1, 0.15) is 17.7 Å². The van der Waals surface area contributed by atoms with E-state index in [1.54, 1.807) is 0 Å². The van der Waals surface area contributed by atoms with Crippen LogP contribution >= 0.6 is 0 Å². The van der Waals surface area contributed by atoms with Gasteiger partial charge in [0, 0.05) is 18.7 Å². The van der Waals surface area contributed by atoms with Gasteiger partial charge in [-0.25, -0.2) is 4.98 Å². The summed E-state index contributed by atoms with van der Waals surface area (Å²) in [4.78, 5) is 6.74. The Hall–Kier alpha value is -3.20. The lowest BCUT2D eigenvalue weighted by molar-refractivity contribution is 0.446. The predicted octanol–water partition coefficient (Wildman–Crippen LogP) is 3.22. The van der Waals surface area contributed by atoms with Crippen LogP contribution in [0.3, 0.4) is 0 Å². The lowest BCUT2D eigenvalue weighted by Crippen LogP contribution is -2.38. The molecule has 1 aliphatic heterocycles. The third-order valence-electron chi connectivity index (χ3n) is 5.01. The van der Waals surface area contributed by atoms with Gasteiger partial charge >= 0.3 is 0 Å². The predicted molar refractivity (Wildman–Crippen MR) is 103 cm³/mol. The Bertz CT molecular complexity index is 986. The first-order valence-electron chi connectivity index (χ1n) is 9.25. The molecular formula is C21H22N6. The first-order valence-corrected chi connectivity index (χ1v) is 9.25. The number of hydrogen-bond donors (Lipinski definition) is 0. The van der Waals surface area contributed by atoms with Crippen molar-refractivity contribution in [2.75, 3.05) is 11.4 Å². The van der Waals surface area contributed by atoms with Gasteiger partial charge in [0.15, 0.2) is 5.82 Å². The highest BCUT2D eigenvalue weighted by atomic mass is 15.4. The topological polar surface area (TPSA) is 70.6 Å². The number of fused-ring (bicyclic) bond motifs is 1. The van der Waals surface area contributed by atoms with E-state index < -0.39 is 0 Å². The molecule has 3 heterocycles.